The molecule has 0 saturated heterocycles. The van der Waals surface area contributed by atoms with Crippen LogP contribution < -0.4 is 5.32 Å². The highest BCUT2D eigenvalue weighted by Crippen LogP contribution is 2.52. The lowest BCUT2D eigenvalue weighted by Gasteiger charge is -2.38. The lowest BCUT2D eigenvalue weighted by Crippen LogP contribution is -2.30. The van der Waals surface area contributed by atoms with Crippen molar-refractivity contribution < 1.29 is 9.53 Å². The fourth-order valence-corrected chi connectivity index (χ4v) is 5.85. The van der Waals surface area contributed by atoms with Crippen molar-refractivity contribution in [2.75, 3.05) is 11.9 Å². The molecule has 3 aliphatic rings. The maximum atomic E-state index is 12.7. The normalized spacial score (nSPS) is 23.2. The Morgan fingerprint density at radius 2 is 1.87 bits per heavy atom. The van der Waals surface area contributed by atoms with E-state index in [4.69, 9.17) is 4.74 Å². The minimum absolute atomic E-state index is 0.165. The van der Waals surface area contributed by atoms with Gasteiger partial charge in [0.05, 0.1) is 23.9 Å². The van der Waals surface area contributed by atoms with Gasteiger partial charge in [0.2, 0.25) is 0 Å². The maximum Gasteiger partial charge on any atom is 0.340 e. The molecular weight excluding hydrogens is 370 g/mol. The second-order valence-electron chi connectivity index (χ2n) is 8.62. The summed E-state index contributed by atoms with van der Waals surface area (Å²) in [6.45, 7) is 2.23. The Morgan fingerprint density at radius 1 is 1.03 bits per heavy atom. The van der Waals surface area contributed by atoms with Gasteiger partial charge in [-0.2, -0.15) is 0 Å². The van der Waals surface area contributed by atoms with E-state index in [-0.39, 0.29) is 12.0 Å². The molecular formula is C27H25NO2. The zero-order chi connectivity index (χ0) is 20.2. The molecule has 1 N–H and O–H groups in total. The molecule has 0 radical (unpaired) electrons. The predicted octanol–water partition coefficient (Wildman–Crippen LogP) is 5.94. The van der Waals surface area contributed by atoms with Crippen molar-refractivity contribution in [2.24, 2.45) is 5.92 Å². The summed E-state index contributed by atoms with van der Waals surface area (Å²) in [6, 6.07) is 17.6. The van der Waals surface area contributed by atoms with Crippen LogP contribution >= 0.6 is 0 Å². The van der Waals surface area contributed by atoms with Crippen molar-refractivity contribution in [1.29, 1.82) is 0 Å². The molecule has 1 aliphatic heterocycles. The van der Waals surface area contributed by atoms with Gasteiger partial charge in [-0.05, 0) is 71.2 Å². The topological polar surface area (TPSA) is 38.3 Å². The van der Waals surface area contributed by atoms with E-state index < -0.39 is 0 Å². The summed E-state index contributed by atoms with van der Waals surface area (Å²) < 4.78 is 5.36. The van der Waals surface area contributed by atoms with E-state index >= 15 is 0 Å². The van der Waals surface area contributed by atoms with Gasteiger partial charge in [-0.3, -0.25) is 0 Å². The van der Waals surface area contributed by atoms with Gasteiger partial charge in [-0.25, -0.2) is 4.79 Å². The largest absolute Gasteiger partial charge is 0.462 e. The standard InChI is InChI=1S/C27H25NO2/c1-2-30-27(29)23-11-5-10-21-18-7-4-9-20(18)25(28-26(21)23)22-15-14-17-13-12-16-6-3-8-19(22)24(16)17/h3-8,10-11,14-15,18,20,25,28H,2,9,12-13H2,1H3/t18-,20+,25-/m1/s1. The number of hydrogen-bond acceptors (Lipinski definition) is 3. The number of nitrogens with one attached hydrogen (secondary N) is 1. The van der Waals surface area contributed by atoms with Crippen molar-refractivity contribution in [2.45, 2.75) is 38.1 Å². The van der Waals surface area contributed by atoms with Gasteiger partial charge < -0.3 is 10.1 Å². The van der Waals surface area contributed by atoms with Gasteiger partial charge in [0, 0.05) is 5.92 Å². The lowest BCUT2D eigenvalue weighted by atomic mass is 9.75. The summed E-state index contributed by atoms with van der Waals surface area (Å²) in [5.74, 6) is 0.526. The molecule has 3 aromatic carbocycles. The Balaban J connectivity index is 1.52. The van der Waals surface area contributed by atoms with Crippen LogP contribution in [0.5, 0.6) is 0 Å². The van der Waals surface area contributed by atoms with Crippen LogP contribution in [0.15, 0.2) is 60.7 Å². The van der Waals surface area contributed by atoms with Crippen molar-refractivity contribution >= 4 is 22.4 Å². The molecule has 3 atom stereocenters. The molecule has 0 fully saturated rings. The Morgan fingerprint density at radius 3 is 2.73 bits per heavy atom. The monoisotopic (exact) mass is 395 g/mol. The van der Waals surface area contributed by atoms with Crippen LogP contribution in [0, 0.1) is 5.92 Å². The van der Waals surface area contributed by atoms with E-state index in [9.17, 15) is 4.79 Å². The van der Waals surface area contributed by atoms with E-state index in [2.05, 4.69) is 53.9 Å². The number of aryl methyl sites for hydroxylation is 2. The first-order valence-electron chi connectivity index (χ1n) is 11.0. The van der Waals surface area contributed by atoms with Crippen LogP contribution in [0.2, 0.25) is 0 Å². The van der Waals surface area contributed by atoms with Crippen LogP contribution in [0.3, 0.4) is 0 Å². The molecule has 0 saturated carbocycles. The third kappa shape index (κ3) is 2.48. The highest BCUT2D eigenvalue weighted by molar-refractivity contribution is 5.98. The quantitative estimate of drug-likeness (QED) is 0.440. The molecule has 6 rings (SSSR count). The average molecular weight is 396 g/mol. The number of allylic oxidation sites excluding steroid dienone is 2. The van der Waals surface area contributed by atoms with Gasteiger partial charge >= 0.3 is 5.97 Å². The Hall–Kier alpha value is -3.07. The number of benzene rings is 3. The first kappa shape index (κ1) is 17.8. The molecule has 1 heterocycles. The molecule has 0 amide bonds. The summed E-state index contributed by atoms with van der Waals surface area (Å²) in [5.41, 5.74) is 7.07. The second-order valence-corrected chi connectivity index (χ2v) is 8.62. The fraction of sp³-hybridized carbons (Fsp3) is 0.296. The smallest absolute Gasteiger partial charge is 0.340 e. The molecule has 0 spiro atoms. The molecule has 3 aromatic rings. The maximum absolute atomic E-state index is 12.7. The summed E-state index contributed by atoms with van der Waals surface area (Å²) in [4.78, 5) is 12.7. The van der Waals surface area contributed by atoms with Crippen molar-refractivity contribution in [3.63, 3.8) is 0 Å². The molecule has 3 nitrogen and oxygen atoms in total. The number of esters is 1. The van der Waals surface area contributed by atoms with Crippen molar-refractivity contribution in [1.82, 2.24) is 0 Å². The lowest BCUT2D eigenvalue weighted by molar-refractivity contribution is 0.0527. The van der Waals surface area contributed by atoms with E-state index in [1.165, 1.54) is 33.0 Å². The Labute approximate surface area is 176 Å². The number of para-hydroxylation sites is 1. The fourth-order valence-electron chi connectivity index (χ4n) is 5.85. The van der Waals surface area contributed by atoms with Gasteiger partial charge in [0.15, 0.2) is 0 Å². The molecule has 0 aromatic heterocycles. The van der Waals surface area contributed by atoms with Crippen LogP contribution in [0.25, 0.3) is 10.8 Å². The predicted molar refractivity (Wildman–Crippen MR) is 120 cm³/mol. The minimum atomic E-state index is -0.249. The molecule has 30 heavy (non-hydrogen) atoms. The number of carbonyl (C=O) groups is 1. The van der Waals surface area contributed by atoms with Gasteiger partial charge in [0.25, 0.3) is 0 Å². The zero-order valence-corrected chi connectivity index (χ0v) is 17.2. The average Bonchev–Trinajstić information content (AvgIpc) is 3.42. The van der Waals surface area contributed by atoms with E-state index in [0.29, 0.717) is 24.0 Å². The number of anilines is 1. The third-order valence-electron chi connectivity index (χ3n) is 7.14. The first-order chi connectivity index (χ1) is 14.8. The first-order valence-corrected chi connectivity index (χ1v) is 11.0. The summed E-state index contributed by atoms with van der Waals surface area (Å²) in [5, 5.41) is 6.61. The SMILES string of the molecule is CCOC(=O)c1cccc2c1N[C@@H](c1ccc3c4c(cccc14)CC3)[C@H]1CC=C[C@@H]21. The molecule has 2 aliphatic carbocycles. The molecule has 150 valence electrons. The van der Waals surface area contributed by atoms with Crippen LogP contribution in [-0.2, 0) is 17.6 Å². The number of ether oxygens (including phenoxy) is 1. The highest BCUT2D eigenvalue weighted by Gasteiger charge is 2.40. The molecule has 0 bridgehead atoms. The van der Waals surface area contributed by atoms with Gasteiger partial charge in [-0.15, -0.1) is 0 Å². The van der Waals surface area contributed by atoms with E-state index in [1.807, 2.05) is 19.1 Å². The number of rotatable bonds is 3. The molecule has 0 unspecified atom stereocenters. The number of hydrogen-bond donors (Lipinski definition) is 1. The second kappa shape index (κ2) is 6.73. The van der Waals surface area contributed by atoms with Crippen molar-refractivity contribution in [3.05, 3.63) is 88.5 Å². The minimum Gasteiger partial charge on any atom is -0.462 e. The summed E-state index contributed by atoms with van der Waals surface area (Å²) >= 11 is 0. The van der Waals surface area contributed by atoms with Gasteiger partial charge in [0.1, 0.15) is 0 Å². The Kier molecular flexibility index (Phi) is 3.98. The zero-order valence-electron chi connectivity index (χ0n) is 17.2. The summed E-state index contributed by atoms with van der Waals surface area (Å²) in [7, 11) is 0. The third-order valence-corrected chi connectivity index (χ3v) is 7.14. The number of carbonyl (C=O) groups excluding carboxylic acids is 1. The van der Waals surface area contributed by atoms with Gasteiger partial charge in [-0.1, -0.05) is 54.6 Å². The molecule has 3 heteroatoms. The van der Waals surface area contributed by atoms with E-state index in [0.717, 1.165) is 24.9 Å². The van der Waals surface area contributed by atoms with Crippen LogP contribution in [-0.4, -0.2) is 12.6 Å². The Bertz CT molecular complexity index is 1200. The van der Waals surface area contributed by atoms with Crippen LogP contribution in [0.4, 0.5) is 5.69 Å². The van der Waals surface area contributed by atoms with E-state index in [1.54, 1.807) is 0 Å². The number of fused-ring (bicyclic) bond motifs is 3. The van der Waals surface area contributed by atoms with Crippen LogP contribution in [0.1, 0.15) is 57.9 Å². The summed E-state index contributed by atoms with van der Waals surface area (Å²) in [6.07, 6.45) is 7.95. The highest BCUT2D eigenvalue weighted by atomic mass is 16.5. The van der Waals surface area contributed by atoms with Crippen molar-refractivity contribution in [3.8, 4) is 0 Å².